The van der Waals surface area contributed by atoms with E-state index in [0.29, 0.717) is 46.2 Å². The summed E-state index contributed by atoms with van der Waals surface area (Å²) in [6.45, 7) is 2.81. The Hall–Kier alpha value is -3.75. The third kappa shape index (κ3) is 5.35. The Bertz CT molecular complexity index is 1320. The van der Waals surface area contributed by atoms with Crippen LogP contribution in [-0.2, 0) is 4.79 Å². The number of carbonyl (C=O) groups excluding carboxylic acids is 3. The molecule has 7 nitrogen and oxygen atoms in total. The lowest BCUT2D eigenvalue weighted by atomic mass is 9.99. The van der Waals surface area contributed by atoms with Crippen LogP contribution in [0.2, 0.25) is 5.02 Å². The highest BCUT2D eigenvalue weighted by Crippen LogP contribution is 2.40. The van der Waals surface area contributed by atoms with Crippen molar-refractivity contribution in [2.24, 2.45) is 0 Å². The van der Waals surface area contributed by atoms with Gasteiger partial charge in [-0.2, -0.15) is 0 Å². The molecule has 1 unspecified atom stereocenters. The average molecular weight is 521 g/mol. The second kappa shape index (κ2) is 10.7. The van der Waals surface area contributed by atoms with Crippen LogP contribution < -0.4 is 15.5 Å². The summed E-state index contributed by atoms with van der Waals surface area (Å²) in [5, 5.41) is 6.65. The SMILES string of the molecule is O=C1CC(c2ccc(F)cc2)N(C(=O)c2ccc(Cl)cc2)c2ccc(C(=O)N3CCCNCC3)cc2N1. The van der Waals surface area contributed by atoms with Crippen LogP contribution in [0.3, 0.4) is 0 Å². The van der Waals surface area contributed by atoms with Crippen LogP contribution in [0.15, 0.2) is 66.7 Å². The molecule has 9 heteroatoms. The van der Waals surface area contributed by atoms with Gasteiger partial charge in [0, 0.05) is 35.8 Å². The number of rotatable bonds is 3. The fraction of sp³-hybridized carbons (Fsp3) is 0.250. The lowest BCUT2D eigenvalue weighted by molar-refractivity contribution is -0.116. The molecular weight excluding hydrogens is 495 g/mol. The van der Waals surface area contributed by atoms with Gasteiger partial charge < -0.3 is 15.5 Å². The molecule has 2 N–H and O–H groups in total. The second-order valence-corrected chi connectivity index (χ2v) is 9.57. The molecule has 0 saturated carbocycles. The van der Waals surface area contributed by atoms with E-state index >= 15 is 0 Å². The summed E-state index contributed by atoms with van der Waals surface area (Å²) in [5.41, 5.74) is 2.25. The predicted molar refractivity (Wildman–Crippen MR) is 140 cm³/mol. The van der Waals surface area contributed by atoms with E-state index in [1.165, 1.54) is 17.0 Å². The number of fused-ring (bicyclic) bond motifs is 1. The molecule has 1 saturated heterocycles. The third-order valence-corrected chi connectivity index (χ3v) is 6.91. The van der Waals surface area contributed by atoms with E-state index in [1.807, 2.05) is 0 Å². The summed E-state index contributed by atoms with van der Waals surface area (Å²) in [6, 6.07) is 16.6. The van der Waals surface area contributed by atoms with E-state index in [4.69, 9.17) is 11.6 Å². The van der Waals surface area contributed by atoms with Gasteiger partial charge in [0.1, 0.15) is 5.82 Å². The summed E-state index contributed by atoms with van der Waals surface area (Å²) >= 11 is 6.03. The molecule has 3 amide bonds. The van der Waals surface area contributed by atoms with E-state index in [-0.39, 0.29) is 24.1 Å². The summed E-state index contributed by atoms with van der Waals surface area (Å²) in [4.78, 5) is 43.5. The zero-order chi connectivity index (χ0) is 25.9. The minimum absolute atomic E-state index is 0.0410. The van der Waals surface area contributed by atoms with Gasteiger partial charge in [-0.1, -0.05) is 23.7 Å². The quantitative estimate of drug-likeness (QED) is 0.527. The molecule has 3 aromatic carbocycles. The van der Waals surface area contributed by atoms with Crippen molar-refractivity contribution in [2.75, 3.05) is 36.4 Å². The Balaban J connectivity index is 1.58. The van der Waals surface area contributed by atoms with Gasteiger partial charge in [0.25, 0.3) is 11.8 Å². The number of hydrogen-bond acceptors (Lipinski definition) is 4. The van der Waals surface area contributed by atoms with Crippen molar-refractivity contribution in [2.45, 2.75) is 18.9 Å². The Morgan fingerprint density at radius 1 is 0.892 bits per heavy atom. The number of carbonyl (C=O) groups is 3. The molecule has 1 atom stereocenters. The maximum atomic E-state index is 13.9. The number of benzene rings is 3. The minimum Gasteiger partial charge on any atom is -0.337 e. The number of nitrogens with zero attached hydrogens (tertiary/aromatic N) is 2. The highest BCUT2D eigenvalue weighted by molar-refractivity contribution is 6.30. The lowest BCUT2D eigenvalue weighted by Crippen LogP contribution is -2.35. The Labute approximate surface area is 219 Å². The summed E-state index contributed by atoms with van der Waals surface area (Å²) in [6.07, 6.45) is 0.816. The van der Waals surface area contributed by atoms with E-state index in [1.54, 1.807) is 59.5 Å². The van der Waals surface area contributed by atoms with Gasteiger partial charge in [0.2, 0.25) is 5.91 Å². The zero-order valence-electron chi connectivity index (χ0n) is 20.0. The van der Waals surface area contributed by atoms with Crippen molar-refractivity contribution in [3.8, 4) is 0 Å². The van der Waals surface area contributed by atoms with E-state index in [9.17, 15) is 18.8 Å². The molecule has 190 valence electrons. The molecule has 1 fully saturated rings. The number of nitrogens with one attached hydrogen (secondary N) is 2. The summed E-state index contributed by atoms with van der Waals surface area (Å²) < 4.78 is 13.7. The van der Waals surface area contributed by atoms with Gasteiger partial charge in [-0.3, -0.25) is 19.3 Å². The Morgan fingerprint density at radius 3 is 2.38 bits per heavy atom. The predicted octanol–water partition coefficient (Wildman–Crippen LogP) is 4.64. The van der Waals surface area contributed by atoms with Crippen LogP contribution in [0.1, 0.15) is 45.2 Å². The maximum Gasteiger partial charge on any atom is 0.258 e. The summed E-state index contributed by atoms with van der Waals surface area (Å²) in [5.74, 6) is -1.20. The molecule has 0 aliphatic carbocycles. The molecule has 2 heterocycles. The smallest absolute Gasteiger partial charge is 0.258 e. The van der Waals surface area contributed by atoms with Crippen LogP contribution in [-0.4, -0.2) is 48.8 Å². The molecule has 37 heavy (non-hydrogen) atoms. The van der Waals surface area contributed by atoms with Gasteiger partial charge in [-0.15, -0.1) is 0 Å². The van der Waals surface area contributed by atoms with Crippen molar-refractivity contribution < 1.29 is 18.8 Å². The van der Waals surface area contributed by atoms with E-state index < -0.39 is 11.9 Å². The topological polar surface area (TPSA) is 81.8 Å². The van der Waals surface area contributed by atoms with Crippen LogP contribution in [0.25, 0.3) is 0 Å². The molecule has 0 spiro atoms. The van der Waals surface area contributed by atoms with Gasteiger partial charge in [0.05, 0.1) is 23.8 Å². The normalized spacial score (nSPS) is 17.9. The Morgan fingerprint density at radius 2 is 1.62 bits per heavy atom. The van der Waals surface area contributed by atoms with Gasteiger partial charge in [0.15, 0.2) is 0 Å². The second-order valence-electron chi connectivity index (χ2n) is 9.13. The molecule has 2 aliphatic rings. The van der Waals surface area contributed by atoms with Crippen molar-refractivity contribution in [1.82, 2.24) is 10.2 Å². The number of anilines is 2. The van der Waals surface area contributed by atoms with Gasteiger partial charge in [-0.05, 0) is 73.1 Å². The van der Waals surface area contributed by atoms with Gasteiger partial charge >= 0.3 is 0 Å². The number of hydrogen-bond donors (Lipinski definition) is 2. The lowest BCUT2D eigenvalue weighted by Gasteiger charge is -2.31. The molecule has 5 rings (SSSR count). The van der Waals surface area contributed by atoms with Crippen LogP contribution in [0.4, 0.5) is 15.8 Å². The van der Waals surface area contributed by atoms with Crippen molar-refractivity contribution in [1.29, 1.82) is 0 Å². The molecule has 2 aliphatic heterocycles. The fourth-order valence-corrected chi connectivity index (χ4v) is 4.91. The number of halogens is 2. The molecule has 0 radical (unpaired) electrons. The first-order chi connectivity index (χ1) is 17.9. The minimum atomic E-state index is -0.691. The zero-order valence-corrected chi connectivity index (χ0v) is 20.8. The van der Waals surface area contributed by atoms with Crippen LogP contribution in [0.5, 0.6) is 0 Å². The Kier molecular flexibility index (Phi) is 7.21. The van der Waals surface area contributed by atoms with Crippen molar-refractivity contribution >= 4 is 40.7 Å². The molecule has 0 bridgehead atoms. The highest BCUT2D eigenvalue weighted by Gasteiger charge is 2.35. The maximum absolute atomic E-state index is 13.9. The first-order valence-electron chi connectivity index (χ1n) is 12.2. The molecule has 0 aromatic heterocycles. The van der Waals surface area contributed by atoms with Gasteiger partial charge in [-0.25, -0.2) is 4.39 Å². The molecule has 3 aromatic rings. The van der Waals surface area contributed by atoms with Crippen molar-refractivity contribution in [3.63, 3.8) is 0 Å². The monoisotopic (exact) mass is 520 g/mol. The number of amides is 3. The highest BCUT2D eigenvalue weighted by atomic mass is 35.5. The van der Waals surface area contributed by atoms with Crippen molar-refractivity contribution in [3.05, 3.63) is 94.3 Å². The largest absolute Gasteiger partial charge is 0.337 e. The van der Waals surface area contributed by atoms with E-state index in [0.717, 1.165) is 19.5 Å². The van der Waals surface area contributed by atoms with E-state index in [2.05, 4.69) is 10.6 Å². The first-order valence-corrected chi connectivity index (χ1v) is 12.6. The average Bonchev–Trinajstić information content (AvgIpc) is 3.26. The fourth-order valence-electron chi connectivity index (χ4n) is 4.78. The van der Waals surface area contributed by atoms with Crippen LogP contribution in [0, 0.1) is 5.82 Å². The molecular formula is C28H26ClFN4O3. The third-order valence-electron chi connectivity index (χ3n) is 6.66. The van der Waals surface area contributed by atoms with Crippen LogP contribution >= 0.6 is 11.6 Å². The first kappa shape index (κ1) is 24.9. The standard InChI is InChI=1S/C28H26ClFN4O3/c29-21-7-2-19(3-8-21)28(37)34-24-11-6-20(27(36)33-14-1-12-31-13-15-33)16-23(24)32-26(35)17-25(34)18-4-9-22(30)10-5-18/h2-11,16,25,31H,1,12-15,17H2,(H,32,35). The summed E-state index contributed by atoms with van der Waals surface area (Å²) in [7, 11) is 0.